The molecule has 2 heteroatoms. The van der Waals surface area contributed by atoms with E-state index >= 15 is 0 Å². The molecule has 2 nitrogen and oxygen atoms in total. The Morgan fingerprint density at radius 3 is 2.50 bits per heavy atom. The summed E-state index contributed by atoms with van der Waals surface area (Å²) in [5.41, 5.74) is 0.892. The molecule has 0 saturated carbocycles. The van der Waals surface area contributed by atoms with E-state index in [-0.39, 0.29) is 11.9 Å². The Morgan fingerprint density at radius 1 is 1.43 bits per heavy atom. The molecule has 0 spiro atoms. The predicted octanol–water partition coefficient (Wildman–Crippen LogP) is 3.32. The molecule has 82 valence electrons. The lowest BCUT2D eigenvalue weighted by Crippen LogP contribution is -2.17. The minimum absolute atomic E-state index is 0.0658. The molecular formula is C12H22O2. The number of rotatable bonds is 7. The lowest BCUT2D eigenvalue weighted by Gasteiger charge is -2.13. The van der Waals surface area contributed by atoms with Gasteiger partial charge in [0, 0.05) is 0 Å². The molecule has 0 aromatic heterocycles. The average molecular weight is 198 g/mol. The van der Waals surface area contributed by atoms with Gasteiger partial charge in [-0.15, -0.1) is 0 Å². The summed E-state index contributed by atoms with van der Waals surface area (Å²) >= 11 is 0. The summed E-state index contributed by atoms with van der Waals surface area (Å²) in [5, 5.41) is 0. The highest BCUT2D eigenvalue weighted by Gasteiger charge is 2.16. The minimum Gasteiger partial charge on any atom is -0.461 e. The fourth-order valence-electron chi connectivity index (χ4n) is 1.25. The van der Waals surface area contributed by atoms with Crippen LogP contribution in [-0.2, 0) is 9.53 Å². The number of carbonyl (C=O) groups is 1. The molecule has 0 amide bonds. The minimum atomic E-state index is -0.0658. The van der Waals surface area contributed by atoms with E-state index in [9.17, 15) is 4.79 Å². The first kappa shape index (κ1) is 13.2. The number of carbonyl (C=O) groups excluding carboxylic acids is 1. The highest BCUT2D eigenvalue weighted by molar-refractivity contribution is 5.72. The third kappa shape index (κ3) is 5.79. The van der Waals surface area contributed by atoms with Crippen molar-refractivity contribution in [3.63, 3.8) is 0 Å². The SMILES string of the molecule is C=C(C)COC(=O)C(CC)CCCC. The second-order valence-corrected chi connectivity index (χ2v) is 3.81. The van der Waals surface area contributed by atoms with Crippen molar-refractivity contribution >= 4 is 5.97 Å². The van der Waals surface area contributed by atoms with E-state index in [1.165, 1.54) is 0 Å². The van der Waals surface area contributed by atoms with Gasteiger partial charge in [0.15, 0.2) is 0 Å². The van der Waals surface area contributed by atoms with Crippen molar-refractivity contribution in [2.75, 3.05) is 6.61 Å². The van der Waals surface area contributed by atoms with Crippen LogP contribution < -0.4 is 0 Å². The Kier molecular flexibility index (Phi) is 7.17. The number of esters is 1. The zero-order chi connectivity index (χ0) is 11.0. The summed E-state index contributed by atoms with van der Waals surface area (Å²) in [6.07, 6.45) is 4.04. The van der Waals surface area contributed by atoms with Crippen molar-refractivity contribution < 1.29 is 9.53 Å². The van der Waals surface area contributed by atoms with Crippen LogP contribution >= 0.6 is 0 Å². The van der Waals surface area contributed by atoms with Crippen LogP contribution in [0.3, 0.4) is 0 Å². The van der Waals surface area contributed by atoms with Crippen molar-refractivity contribution in [3.8, 4) is 0 Å². The van der Waals surface area contributed by atoms with E-state index in [1.807, 2.05) is 13.8 Å². The molecular weight excluding hydrogens is 176 g/mol. The molecule has 0 aromatic carbocycles. The molecule has 0 N–H and O–H groups in total. The van der Waals surface area contributed by atoms with Crippen LogP contribution in [0.25, 0.3) is 0 Å². The molecule has 14 heavy (non-hydrogen) atoms. The Hall–Kier alpha value is -0.790. The van der Waals surface area contributed by atoms with E-state index in [2.05, 4.69) is 13.5 Å². The van der Waals surface area contributed by atoms with E-state index in [1.54, 1.807) is 0 Å². The molecule has 0 aliphatic rings. The first-order chi connectivity index (χ1) is 6.61. The van der Waals surface area contributed by atoms with Crippen molar-refractivity contribution in [3.05, 3.63) is 12.2 Å². The summed E-state index contributed by atoms with van der Waals surface area (Å²) < 4.78 is 5.12. The van der Waals surface area contributed by atoms with Crippen LogP contribution in [0.15, 0.2) is 12.2 Å². The summed E-state index contributed by atoms with van der Waals surface area (Å²) in [5.74, 6) is 0.0123. The molecule has 0 aliphatic heterocycles. The molecule has 1 atom stereocenters. The number of hydrogen-bond acceptors (Lipinski definition) is 2. The normalized spacial score (nSPS) is 12.2. The van der Waals surface area contributed by atoms with Crippen LogP contribution in [-0.4, -0.2) is 12.6 Å². The Bertz CT molecular complexity index is 185. The van der Waals surface area contributed by atoms with E-state index in [0.717, 1.165) is 31.3 Å². The monoisotopic (exact) mass is 198 g/mol. The molecule has 0 heterocycles. The molecule has 0 aliphatic carbocycles. The average Bonchev–Trinajstić information content (AvgIpc) is 2.16. The lowest BCUT2D eigenvalue weighted by molar-refractivity contribution is -0.147. The fraction of sp³-hybridized carbons (Fsp3) is 0.750. The maximum absolute atomic E-state index is 11.5. The van der Waals surface area contributed by atoms with Gasteiger partial charge < -0.3 is 4.74 Å². The second-order valence-electron chi connectivity index (χ2n) is 3.81. The smallest absolute Gasteiger partial charge is 0.309 e. The Balaban J connectivity index is 3.85. The molecule has 1 unspecified atom stereocenters. The van der Waals surface area contributed by atoms with Crippen LogP contribution in [0.5, 0.6) is 0 Å². The zero-order valence-corrected chi connectivity index (χ0v) is 9.64. The molecule has 0 saturated heterocycles. The summed E-state index contributed by atoms with van der Waals surface area (Å²) in [4.78, 5) is 11.5. The fourth-order valence-corrected chi connectivity index (χ4v) is 1.25. The summed E-state index contributed by atoms with van der Waals surface area (Å²) in [7, 11) is 0. The van der Waals surface area contributed by atoms with Gasteiger partial charge in [0.1, 0.15) is 6.61 Å². The van der Waals surface area contributed by atoms with Crippen LogP contribution in [0.2, 0.25) is 0 Å². The van der Waals surface area contributed by atoms with Crippen molar-refractivity contribution in [1.29, 1.82) is 0 Å². The van der Waals surface area contributed by atoms with Crippen molar-refractivity contribution in [2.24, 2.45) is 5.92 Å². The van der Waals surface area contributed by atoms with Gasteiger partial charge in [-0.25, -0.2) is 0 Å². The van der Waals surface area contributed by atoms with Gasteiger partial charge in [-0.05, 0) is 25.3 Å². The maximum atomic E-state index is 11.5. The molecule has 0 radical (unpaired) electrons. The standard InChI is InChI=1S/C12H22O2/c1-5-7-8-11(6-2)12(13)14-9-10(3)4/h11H,3,5-9H2,1-2,4H3. The summed E-state index contributed by atoms with van der Waals surface area (Å²) in [6, 6.07) is 0. The number of unbranched alkanes of at least 4 members (excludes halogenated alkanes) is 1. The molecule has 0 aromatic rings. The van der Waals surface area contributed by atoms with E-state index in [0.29, 0.717) is 6.61 Å². The largest absolute Gasteiger partial charge is 0.461 e. The van der Waals surface area contributed by atoms with Gasteiger partial charge in [-0.2, -0.15) is 0 Å². The van der Waals surface area contributed by atoms with Gasteiger partial charge in [0.05, 0.1) is 5.92 Å². The molecule has 0 rings (SSSR count). The van der Waals surface area contributed by atoms with Gasteiger partial charge in [0.2, 0.25) is 0 Å². The third-order valence-corrected chi connectivity index (χ3v) is 2.19. The van der Waals surface area contributed by atoms with E-state index < -0.39 is 0 Å². The third-order valence-electron chi connectivity index (χ3n) is 2.19. The first-order valence-corrected chi connectivity index (χ1v) is 5.42. The van der Waals surface area contributed by atoms with Crippen LogP contribution in [0.4, 0.5) is 0 Å². The quantitative estimate of drug-likeness (QED) is 0.463. The summed E-state index contributed by atoms with van der Waals surface area (Å²) in [6.45, 7) is 10.1. The van der Waals surface area contributed by atoms with Crippen LogP contribution in [0.1, 0.15) is 46.5 Å². The van der Waals surface area contributed by atoms with E-state index in [4.69, 9.17) is 4.74 Å². The predicted molar refractivity (Wildman–Crippen MR) is 59.1 cm³/mol. The topological polar surface area (TPSA) is 26.3 Å². The number of hydrogen-bond donors (Lipinski definition) is 0. The molecule has 0 bridgehead atoms. The zero-order valence-electron chi connectivity index (χ0n) is 9.64. The van der Waals surface area contributed by atoms with Gasteiger partial charge in [0.25, 0.3) is 0 Å². The lowest BCUT2D eigenvalue weighted by atomic mass is 10.00. The van der Waals surface area contributed by atoms with Crippen molar-refractivity contribution in [1.82, 2.24) is 0 Å². The maximum Gasteiger partial charge on any atom is 0.309 e. The van der Waals surface area contributed by atoms with Gasteiger partial charge >= 0.3 is 5.97 Å². The van der Waals surface area contributed by atoms with Gasteiger partial charge in [-0.3, -0.25) is 4.79 Å². The Labute approximate surface area is 87.3 Å². The second kappa shape index (κ2) is 7.60. The van der Waals surface area contributed by atoms with Crippen molar-refractivity contribution in [2.45, 2.75) is 46.5 Å². The van der Waals surface area contributed by atoms with Crippen LogP contribution in [0, 0.1) is 5.92 Å². The van der Waals surface area contributed by atoms with Gasteiger partial charge in [-0.1, -0.05) is 33.3 Å². The number of ether oxygens (including phenoxy) is 1. The molecule has 0 fully saturated rings. The first-order valence-electron chi connectivity index (χ1n) is 5.42. The highest BCUT2D eigenvalue weighted by Crippen LogP contribution is 2.14. The Morgan fingerprint density at radius 2 is 2.07 bits per heavy atom. The highest BCUT2D eigenvalue weighted by atomic mass is 16.5.